The fraction of sp³-hybridized carbons (Fsp3) is 0.524. The van der Waals surface area contributed by atoms with E-state index in [1.54, 1.807) is 25.1 Å². The van der Waals surface area contributed by atoms with E-state index < -0.39 is 29.9 Å². The number of carbonyl (C=O) groups excluding carboxylic acids is 3. The number of rotatable bonds is 8. The van der Waals surface area contributed by atoms with E-state index >= 15 is 0 Å². The first-order valence-corrected chi connectivity index (χ1v) is 9.56. The second kappa shape index (κ2) is 9.48. The van der Waals surface area contributed by atoms with E-state index in [2.05, 4.69) is 11.4 Å². The molecule has 1 saturated heterocycles. The summed E-state index contributed by atoms with van der Waals surface area (Å²) < 4.78 is 15.6. The lowest BCUT2D eigenvalue weighted by Gasteiger charge is -2.27. The first-order chi connectivity index (χ1) is 14.1. The second-order valence-corrected chi connectivity index (χ2v) is 7.57. The fourth-order valence-electron chi connectivity index (χ4n) is 2.99. The summed E-state index contributed by atoms with van der Waals surface area (Å²) in [6.07, 6.45) is -0.0302. The van der Waals surface area contributed by atoms with Crippen molar-refractivity contribution in [1.82, 2.24) is 5.32 Å². The molecule has 0 aliphatic carbocycles. The molecule has 1 N–H and O–H groups in total. The van der Waals surface area contributed by atoms with Crippen LogP contribution in [0.25, 0.3) is 0 Å². The van der Waals surface area contributed by atoms with Gasteiger partial charge in [0.15, 0.2) is 6.61 Å². The molecule has 0 aromatic heterocycles. The number of hydrogen-bond donors (Lipinski definition) is 1. The fourth-order valence-corrected chi connectivity index (χ4v) is 2.99. The van der Waals surface area contributed by atoms with Crippen molar-refractivity contribution in [2.45, 2.75) is 32.7 Å². The van der Waals surface area contributed by atoms with Gasteiger partial charge in [0.2, 0.25) is 5.91 Å². The number of esters is 1. The van der Waals surface area contributed by atoms with E-state index in [-0.39, 0.29) is 24.8 Å². The minimum Gasteiger partial charge on any atom is -0.497 e. The number of nitrogens with zero attached hydrogens (tertiary/aromatic N) is 2. The zero-order chi connectivity index (χ0) is 22.5. The monoisotopic (exact) mass is 417 g/mol. The van der Waals surface area contributed by atoms with Crippen LogP contribution in [-0.4, -0.2) is 50.7 Å². The van der Waals surface area contributed by atoms with Crippen molar-refractivity contribution in [3.63, 3.8) is 0 Å². The summed E-state index contributed by atoms with van der Waals surface area (Å²) in [6.45, 7) is 4.82. The Bertz CT molecular complexity index is 863. The van der Waals surface area contributed by atoms with Crippen molar-refractivity contribution in [2.75, 3.05) is 32.3 Å². The molecule has 1 aliphatic rings. The van der Waals surface area contributed by atoms with Gasteiger partial charge in [-0.1, -0.05) is 13.8 Å². The molecule has 30 heavy (non-hydrogen) atoms. The van der Waals surface area contributed by atoms with E-state index in [0.29, 0.717) is 17.2 Å². The lowest BCUT2D eigenvalue weighted by molar-refractivity contribution is -0.152. The first-order valence-electron chi connectivity index (χ1n) is 9.56. The molecule has 2 atom stereocenters. The Balaban J connectivity index is 1.99. The predicted molar refractivity (Wildman–Crippen MR) is 108 cm³/mol. The average Bonchev–Trinajstić information content (AvgIpc) is 3.12. The highest BCUT2D eigenvalue weighted by molar-refractivity contribution is 6.00. The number of nitriles is 1. The highest BCUT2D eigenvalue weighted by atomic mass is 16.5. The van der Waals surface area contributed by atoms with Gasteiger partial charge in [-0.25, -0.2) is 0 Å². The van der Waals surface area contributed by atoms with Gasteiger partial charge in [-0.2, -0.15) is 5.26 Å². The molecule has 0 spiro atoms. The SMILES string of the molecule is COc1ccc(N2C[C@H](C(=O)OCC(=O)N[C@@](C)(C#N)C(C)C)CC2=O)c(OC)c1. The molecule has 2 rings (SSSR count). The van der Waals surface area contributed by atoms with E-state index in [0.717, 1.165) is 0 Å². The number of amides is 2. The topological polar surface area (TPSA) is 118 Å². The number of benzene rings is 1. The number of methoxy groups -OCH3 is 2. The molecule has 1 heterocycles. The molecule has 1 aliphatic heterocycles. The van der Waals surface area contributed by atoms with Crippen LogP contribution in [0.5, 0.6) is 11.5 Å². The summed E-state index contributed by atoms with van der Waals surface area (Å²) in [6, 6.07) is 7.09. The van der Waals surface area contributed by atoms with Gasteiger partial charge in [-0.15, -0.1) is 0 Å². The van der Waals surface area contributed by atoms with Crippen LogP contribution >= 0.6 is 0 Å². The zero-order valence-electron chi connectivity index (χ0n) is 17.9. The Morgan fingerprint density at radius 3 is 2.60 bits per heavy atom. The maximum atomic E-state index is 12.5. The third-order valence-electron chi connectivity index (χ3n) is 5.27. The Hall–Kier alpha value is -3.28. The van der Waals surface area contributed by atoms with Crippen LogP contribution in [0.15, 0.2) is 18.2 Å². The first kappa shape index (κ1) is 23.0. The largest absolute Gasteiger partial charge is 0.497 e. The molecule has 9 nitrogen and oxygen atoms in total. The minimum absolute atomic E-state index is 0.0302. The molecule has 162 valence electrons. The lowest BCUT2D eigenvalue weighted by atomic mass is 9.90. The highest BCUT2D eigenvalue weighted by Gasteiger charge is 2.38. The molecule has 9 heteroatoms. The van der Waals surface area contributed by atoms with Gasteiger partial charge in [0.1, 0.15) is 17.0 Å². The summed E-state index contributed by atoms with van der Waals surface area (Å²) in [5, 5.41) is 11.8. The van der Waals surface area contributed by atoms with Crippen molar-refractivity contribution < 1.29 is 28.6 Å². The molecule has 0 saturated carbocycles. The molecular formula is C21H27N3O6. The van der Waals surface area contributed by atoms with Gasteiger partial charge >= 0.3 is 5.97 Å². The summed E-state index contributed by atoms with van der Waals surface area (Å²) in [4.78, 5) is 38.4. The quantitative estimate of drug-likeness (QED) is 0.639. The van der Waals surface area contributed by atoms with Gasteiger partial charge in [0.25, 0.3) is 5.91 Å². The van der Waals surface area contributed by atoms with Crippen molar-refractivity contribution in [3.05, 3.63) is 18.2 Å². The molecular weight excluding hydrogens is 390 g/mol. The van der Waals surface area contributed by atoms with Gasteiger partial charge in [-0.05, 0) is 25.0 Å². The van der Waals surface area contributed by atoms with Crippen LogP contribution in [0, 0.1) is 23.2 Å². The number of hydrogen-bond acceptors (Lipinski definition) is 7. The van der Waals surface area contributed by atoms with E-state index in [4.69, 9.17) is 14.2 Å². The van der Waals surface area contributed by atoms with Crippen molar-refractivity contribution in [2.24, 2.45) is 11.8 Å². The van der Waals surface area contributed by atoms with Crippen LogP contribution < -0.4 is 19.7 Å². The van der Waals surface area contributed by atoms with Crippen LogP contribution in [0.4, 0.5) is 5.69 Å². The van der Waals surface area contributed by atoms with E-state index in [9.17, 15) is 19.6 Å². The minimum atomic E-state index is -1.06. The Labute approximate surface area is 175 Å². The predicted octanol–water partition coefficient (Wildman–Crippen LogP) is 1.65. The van der Waals surface area contributed by atoms with E-state index in [1.807, 2.05) is 13.8 Å². The van der Waals surface area contributed by atoms with Crippen molar-refractivity contribution in [1.29, 1.82) is 5.26 Å². The van der Waals surface area contributed by atoms with Crippen LogP contribution in [0.2, 0.25) is 0 Å². The van der Waals surface area contributed by atoms with Gasteiger partial charge in [0.05, 0.1) is 31.9 Å². The highest BCUT2D eigenvalue weighted by Crippen LogP contribution is 2.36. The molecule has 0 unspecified atom stereocenters. The Morgan fingerprint density at radius 2 is 2.03 bits per heavy atom. The van der Waals surface area contributed by atoms with Gasteiger partial charge < -0.3 is 24.4 Å². The van der Waals surface area contributed by atoms with E-state index in [1.165, 1.54) is 19.1 Å². The molecule has 0 radical (unpaired) electrons. The van der Waals surface area contributed by atoms with Crippen molar-refractivity contribution >= 4 is 23.5 Å². The average molecular weight is 417 g/mol. The number of anilines is 1. The maximum Gasteiger partial charge on any atom is 0.311 e. The standard InChI is InChI=1S/C21H27N3O6/c1-13(2)21(3,12-22)23-18(25)11-30-20(27)14-8-19(26)24(10-14)16-7-6-15(28-4)9-17(16)29-5/h6-7,9,13-14H,8,10-11H2,1-5H3,(H,23,25)/t14-,21+/m1/s1. The molecule has 2 amide bonds. The Morgan fingerprint density at radius 1 is 1.33 bits per heavy atom. The van der Waals surface area contributed by atoms with Crippen LogP contribution in [0.1, 0.15) is 27.2 Å². The van der Waals surface area contributed by atoms with Crippen LogP contribution in [-0.2, 0) is 19.1 Å². The molecule has 1 aromatic rings. The summed E-state index contributed by atoms with van der Waals surface area (Å²) in [5.74, 6) is -1.26. The van der Waals surface area contributed by atoms with Crippen LogP contribution in [0.3, 0.4) is 0 Å². The van der Waals surface area contributed by atoms with Gasteiger partial charge in [0, 0.05) is 19.0 Å². The number of ether oxygens (including phenoxy) is 3. The zero-order valence-corrected chi connectivity index (χ0v) is 17.9. The summed E-state index contributed by atoms with van der Waals surface area (Å²) >= 11 is 0. The molecule has 1 aromatic carbocycles. The van der Waals surface area contributed by atoms with Crippen molar-refractivity contribution in [3.8, 4) is 17.6 Å². The summed E-state index contributed by atoms with van der Waals surface area (Å²) in [7, 11) is 3.01. The number of carbonyl (C=O) groups is 3. The Kier molecular flexibility index (Phi) is 7.27. The molecule has 0 bridgehead atoms. The number of nitrogens with one attached hydrogen (secondary N) is 1. The lowest BCUT2D eigenvalue weighted by Crippen LogP contribution is -2.50. The van der Waals surface area contributed by atoms with Gasteiger partial charge in [-0.3, -0.25) is 14.4 Å². The maximum absolute atomic E-state index is 12.5. The summed E-state index contributed by atoms with van der Waals surface area (Å²) in [5.41, 5.74) is -0.535. The normalized spacial score (nSPS) is 17.8. The third kappa shape index (κ3) is 5.00. The third-order valence-corrected chi connectivity index (χ3v) is 5.27. The molecule has 1 fully saturated rings. The second-order valence-electron chi connectivity index (χ2n) is 7.57. The smallest absolute Gasteiger partial charge is 0.311 e.